The maximum atomic E-state index is 8.61. The minimum absolute atomic E-state index is 0.0498. The van der Waals surface area contributed by atoms with Crippen molar-refractivity contribution in [3.8, 4) is 0 Å². The highest BCUT2D eigenvalue weighted by atomic mass is 16.5. The minimum atomic E-state index is 0.0498. The van der Waals surface area contributed by atoms with Crippen LogP contribution in [0.4, 0.5) is 5.82 Å². The molecule has 0 bridgehead atoms. The Hall–Kier alpha value is -1.66. The molecule has 0 spiro atoms. The molecule has 104 valence electrons. The van der Waals surface area contributed by atoms with Gasteiger partial charge in [0, 0.05) is 18.9 Å². The van der Waals surface area contributed by atoms with Gasteiger partial charge in [0.2, 0.25) is 0 Å². The van der Waals surface area contributed by atoms with Gasteiger partial charge in [-0.15, -0.1) is 0 Å². The van der Waals surface area contributed by atoms with Crippen LogP contribution in [0.2, 0.25) is 0 Å². The molecule has 2 aromatic rings. The molecular weight excluding hydrogens is 244 g/mol. The molecule has 2 N–H and O–H groups in total. The summed E-state index contributed by atoms with van der Waals surface area (Å²) in [5, 5.41) is 16.3. The van der Waals surface area contributed by atoms with Crippen molar-refractivity contribution in [2.45, 2.75) is 19.8 Å². The van der Waals surface area contributed by atoms with Crippen molar-refractivity contribution in [1.29, 1.82) is 0 Å². The summed E-state index contributed by atoms with van der Waals surface area (Å²) in [6.45, 7) is 5.83. The van der Waals surface area contributed by atoms with Crippen LogP contribution in [0, 0.1) is 0 Å². The maximum absolute atomic E-state index is 8.61. The molecule has 0 atom stereocenters. The number of ether oxygens (including phenoxy) is 1. The van der Waals surface area contributed by atoms with E-state index in [1.54, 1.807) is 6.20 Å². The van der Waals surface area contributed by atoms with E-state index in [0.717, 1.165) is 17.0 Å². The second-order valence-corrected chi connectivity index (χ2v) is 4.59. The van der Waals surface area contributed by atoms with E-state index in [4.69, 9.17) is 9.84 Å². The van der Waals surface area contributed by atoms with E-state index in [9.17, 15) is 0 Å². The number of aliphatic hydroxyl groups excluding tert-OH is 1. The van der Waals surface area contributed by atoms with Crippen LogP contribution < -0.4 is 5.32 Å². The highest BCUT2D eigenvalue weighted by Gasteiger charge is 2.09. The second-order valence-electron chi connectivity index (χ2n) is 4.59. The fourth-order valence-corrected chi connectivity index (χ4v) is 1.77. The molecule has 6 nitrogen and oxygen atoms in total. The third-order valence-corrected chi connectivity index (χ3v) is 2.77. The SMILES string of the molecule is CC(C)c1cc2c(NCCOCCO)nccn2n1. The second kappa shape index (κ2) is 6.49. The van der Waals surface area contributed by atoms with E-state index in [-0.39, 0.29) is 6.61 Å². The van der Waals surface area contributed by atoms with Gasteiger partial charge in [0.25, 0.3) is 0 Å². The Morgan fingerprint density at radius 1 is 1.42 bits per heavy atom. The molecule has 0 unspecified atom stereocenters. The first-order valence-electron chi connectivity index (χ1n) is 6.49. The van der Waals surface area contributed by atoms with Gasteiger partial charge in [-0.3, -0.25) is 0 Å². The first kappa shape index (κ1) is 13.8. The van der Waals surface area contributed by atoms with Gasteiger partial charge in [0.1, 0.15) is 5.52 Å². The Bertz CT molecular complexity index is 524. The normalized spacial score (nSPS) is 11.4. The van der Waals surface area contributed by atoms with E-state index in [1.807, 2.05) is 10.7 Å². The van der Waals surface area contributed by atoms with Gasteiger partial charge in [-0.25, -0.2) is 9.50 Å². The summed E-state index contributed by atoms with van der Waals surface area (Å²) >= 11 is 0. The predicted molar refractivity (Wildman–Crippen MR) is 73.5 cm³/mol. The Labute approximate surface area is 112 Å². The van der Waals surface area contributed by atoms with E-state index < -0.39 is 0 Å². The quantitative estimate of drug-likeness (QED) is 0.737. The van der Waals surface area contributed by atoms with E-state index in [0.29, 0.717) is 25.7 Å². The van der Waals surface area contributed by atoms with Crippen LogP contribution in [-0.4, -0.2) is 46.1 Å². The Kier molecular flexibility index (Phi) is 4.70. The molecule has 0 aliphatic rings. The molecule has 19 heavy (non-hydrogen) atoms. The lowest BCUT2D eigenvalue weighted by molar-refractivity contribution is 0.0992. The summed E-state index contributed by atoms with van der Waals surface area (Å²) in [5.41, 5.74) is 2.01. The molecule has 0 aromatic carbocycles. The number of hydrogen-bond acceptors (Lipinski definition) is 5. The van der Waals surface area contributed by atoms with Gasteiger partial charge in [-0.05, 0) is 12.0 Å². The topological polar surface area (TPSA) is 71.7 Å². The lowest BCUT2D eigenvalue weighted by Crippen LogP contribution is -2.12. The number of rotatable bonds is 7. The van der Waals surface area contributed by atoms with Crippen molar-refractivity contribution in [3.05, 3.63) is 24.2 Å². The van der Waals surface area contributed by atoms with E-state index >= 15 is 0 Å². The van der Waals surface area contributed by atoms with Crippen molar-refractivity contribution >= 4 is 11.3 Å². The van der Waals surface area contributed by atoms with Crippen LogP contribution in [0.25, 0.3) is 5.52 Å². The highest BCUT2D eigenvalue weighted by Crippen LogP contribution is 2.19. The summed E-state index contributed by atoms with van der Waals surface area (Å²) in [7, 11) is 0. The predicted octanol–water partition coefficient (Wildman–Crippen LogP) is 1.27. The van der Waals surface area contributed by atoms with Crippen LogP contribution >= 0.6 is 0 Å². The molecule has 2 aromatic heterocycles. The molecule has 6 heteroatoms. The number of nitrogens with zero attached hydrogens (tertiary/aromatic N) is 3. The Morgan fingerprint density at radius 2 is 2.26 bits per heavy atom. The highest BCUT2D eigenvalue weighted by molar-refractivity contribution is 5.67. The number of aromatic nitrogens is 3. The van der Waals surface area contributed by atoms with Crippen molar-refractivity contribution in [1.82, 2.24) is 14.6 Å². The van der Waals surface area contributed by atoms with Crippen LogP contribution in [0.15, 0.2) is 18.5 Å². The zero-order chi connectivity index (χ0) is 13.7. The maximum Gasteiger partial charge on any atom is 0.152 e. The largest absolute Gasteiger partial charge is 0.394 e. The van der Waals surface area contributed by atoms with Gasteiger partial charge in [0.05, 0.1) is 25.5 Å². The minimum Gasteiger partial charge on any atom is -0.394 e. The average Bonchev–Trinajstić information content (AvgIpc) is 2.83. The fraction of sp³-hybridized carbons (Fsp3) is 0.538. The monoisotopic (exact) mass is 264 g/mol. The molecule has 0 aliphatic carbocycles. The number of hydrogen-bond donors (Lipinski definition) is 2. The van der Waals surface area contributed by atoms with Gasteiger partial charge < -0.3 is 15.2 Å². The molecule has 0 aliphatic heterocycles. The van der Waals surface area contributed by atoms with Gasteiger partial charge in [0.15, 0.2) is 5.82 Å². The Balaban J connectivity index is 2.05. The first-order valence-corrected chi connectivity index (χ1v) is 6.49. The summed E-state index contributed by atoms with van der Waals surface area (Å²) < 4.78 is 7.03. The van der Waals surface area contributed by atoms with Crippen LogP contribution in [-0.2, 0) is 4.74 Å². The molecule has 2 heterocycles. The number of fused-ring (bicyclic) bond motifs is 1. The zero-order valence-corrected chi connectivity index (χ0v) is 11.3. The van der Waals surface area contributed by atoms with Crippen molar-refractivity contribution < 1.29 is 9.84 Å². The smallest absolute Gasteiger partial charge is 0.152 e. The van der Waals surface area contributed by atoms with Gasteiger partial charge in [-0.2, -0.15) is 5.10 Å². The van der Waals surface area contributed by atoms with Crippen molar-refractivity contribution in [2.24, 2.45) is 0 Å². The molecule has 2 rings (SSSR count). The number of nitrogens with one attached hydrogen (secondary N) is 1. The van der Waals surface area contributed by atoms with Crippen LogP contribution in [0.3, 0.4) is 0 Å². The van der Waals surface area contributed by atoms with Crippen molar-refractivity contribution in [2.75, 3.05) is 31.7 Å². The molecular formula is C13H20N4O2. The zero-order valence-electron chi connectivity index (χ0n) is 11.3. The lowest BCUT2D eigenvalue weighted by atomic mass is 10.1. The Morgan fingerprint density at radius 3 is 3.00 bits per heavy atom. The summed E-state index contributed by atoms with van der Waals surface area (Å²) in [6, 6.07) is 2.05. The average molecular weight is 264 g/mol. The van der Waals surface area contributed by atoms with Gasteiger partial charge in [-0.1, -0.05) is 13.8 Å². The van der Waals surface area contributed by atoms with Gasteiger partial charge >= 0.3 is 0 Å². The first-order chi connectivity index (χ1) is 9.22. The lowest BCUT2D eigenvalue weighted by Gasteiger charge is -2.06. The third kappa shape index (κ3) is 3.42. The van der Waals surface area contributed by atoms with Crippen LogP contribution in [0.5, 0.6) is 0 Å². The van der Waals surface area contributed by atoms with E-state index in [2.05, 4.69) is 35.3 Å². The molecule has 0 saturated heterocycles. The molecule has 0 radical (unpaired) electrons. The number of aliphatic hydroxyl groups is 1. The summed E-state index contributed by atoms with van der Waals surface area (Å²) in [4.78, 5) is 4.32. The number of anilines is 1. The summed E-state index contributed by atoms with van der Waals surface area (Å²) in [5.74, 6) is 1.19. The van der Waals surface area contributed by atoms with Crippen molar-refractivity contribution in [3.63, 3.8) is 0 Å². The van der Waals surface area contributed by atoms with Crippen LogP contribution in [0.1, 0.15) is 25.5 Å². The molecule has 0 amide bonds. The fourth-order valence-electron chi connectivity index (χ4n) is 1.77. The standard InChI is InChI=1S/C13H20N4O2/c1-10(2)11-9-12-13(14-3-5-17(12)16-11)15-4-7-19-8-6-18/h3,5,9-10,18H,4,6-8H2,1-2H3,(H,14,15). The molecule has 0 fully saturated rings. The summed E-state index contributed by atoms with van der Waals surface area (Å²) in [6.07, 6.45) is 3.57. The molecule has 0 saturated carbocycles. The third-order valence-electron chi connectivity index (χ3n) is 2.77. The van der Waals surface area contributed by atoms with E-state index in [1.165, 1.54) is 0 Å².